The molecule has 2 heteroatoms. The molecule has 0 unspecified atom stereocenters. The number of benzene rings is 1. The highest BCUT2D eigenvalue weighted by Gasteiger charge is 2.27. The molecule has 0 amide bonds. The fourth-order valence-corrected chi connectivity index (χ4v) is 2.55. The summed E-state index contributed by atoms with van der Waals surface area (Å²) in [5.74, 6) is 0. The van der Waals surface area contributed by atoms with Gasteiger partial charge in [-0.1, -0.05) is 36.4 Å². The Bertz CT molecular complexity index is 659. The summed E-state index contributed by atoms with van der Waals surface area (Å²) in [4.78, 5) is 0. The Morgan fingerprint density at radius 1 is 0.889 bits per heavy atom. The lowest BCUT2D eigenvalue weighted by molar-refractivity contribution is 0.205. The monoisotopic (exact) mass is 232 g/mol. The molecule has 86 valence electrons. The van der Waals surface area contributed by atoms with Crippen molar-refractivity contribution in [2.24, 2.45) is 0 Å². The molecule has 2 aliphatic heterocycles. The number of fused-ring (bicyclic) bond motifs is 5. The topological polar surface area (TPSA) is 6.48 Å². The Morgan fingerprint density at radius 3 is 2.78 bits per heavy atom. The second-order valence-electron chi connectivity index (χ2n) is 4.45. The summed E-state index contributed by atoms with van der Waals surface area (Å²) in [7, 11) is 0. The maximum absolute atomic E-state index is 2.18. The third-order valence-corrected chi connectivity index (χ3v) is 3.39. The molecule has 0 bridgehead atoms. The van der Waals surface area contributed by atoms with Gasteiger partial charge in [-0.2, -0.15) is 0 Å². The highest BCUT2D eigenvalue weighted by molar-refractivity contribution is 5.87. The maximum Gasteiger partial charge on any atom is 0.0723 e. The van der Waals surface area contributed by atoms with E-state index in [0.717, 1.165) is 0 Å². The fourth-order valence-electron chi connectivity index (χ4n) is 2.55. The number of hydrogen-bond donors (Lipinski definition) is 0. The summed E-state index contributed by atoms with van der Waals surface area (Å²) in [6.07, 6.45) is 16.9. The van der Waals surface area contributed by atoms with E-state index < -0.39 is 0 Å². The molecule has 4 rings (SSSR count). The number of hydrogen-bond acceptors (Lipinski definition) is 2. The van der Waals surface area contributed by atoms with E-state index in [2.05, 4.69) is 77.2 Å². The number of hydrazine groups is 1. The van der Waals surface area contributed by atoms with Gasteiger partial charge in [-0.3, -0.25) is 10.0 Å². The van der Waals surface area contributed by atoms with Gasteiger partial charge in [0.1, 0.15) is 0 Å². The van der Waals surface area contributed by atoms with Crippen LogP contribution in [-0.4, -0.2) is 10.0 Å². The molecule has 0 atom stereocenters. The van der Waals surface area contributed by atoms with Crippen LogP contribution in [0.2, 0.25) is 0 Å². The van der Waals surface area contributed by atoms with Gasteiger partial charge in [-0.05, 0) is 29.4 Å². The Kier molecular flexibility index (Phi) is 1.86. The molecule has 18 heavy (non-hydrogen) atoms. The predicted molar refractivity (Wildman–Crippen MR) is 73.5 cm³/mol. The van der Waals surface area contributed by atoms with Crippen molar-refractivity contribution < 1.29 is 0 Å². The number of allylic oxidation sites excluding steroid dienone is 5. The Hall–Kier alpha value is -2.48. The van der Waals surface area contributed by atoms with Crippen molar-refractivity contribution in [2.75, 3.05) is 0 Å². The zero-order valence-electron chi connectivity index (χ0n) is 9.82. The van der Waals surface area contributed by atoms with Crippen LogP contribution in [0, 0.1) is 0 Å². The third kappa shape index (κ3) is 1.23. The van der Waals surface area contributed by atoms with Crippen LogP contribution in [0.1, 0.15) is 11.1 Å². The standard InChI is InChI=1S/C16H12N2/c1-2-8-14-13(6-1)7-5-9-16-15(14)12-17-10-3-4-11-18(16)17/h1-12H. The zero-order chi connectivity index (χ0) is 11.9. The first-order valence-electron chi connectivity index (χ1n) is 6.06. The highest BCUT2D eigenvalue weighted by Crippen LogP contribution is 2.38. The normalized spacial score (nSPS) is 18.9. The summed E-state index contributed by atoms with van der Waals surface area (Å²) < 4.78 is 0. The molecule has 3 aliphatic rings. The molecular weight excluding hydrogens is 220 g/mol. The highest BCUT2D eigenvalue weighted by atomic mass is 15.6. The van der Waals surface area contributed by atoms with Crippen molar-refractivity contribution in [1.29, 1.82) is 0 Å². The van der Waals surface area contributed by atoms with Crippen molar-refractivity contribution >= 4 is 11.6 Å². The van der Waals surface area contributed by atoms with Crippen molar-refractivity contribution in [3.63, 3.8) is 0 Å². The molecule has 0 aromatic heterocycles. The van der Waals surface area contributed by atoms with E-state index >= 15 is 0 Å². The molecule has 0 radical (unpaired) electrons. The van der Waals surface area contributed by atoms with E-state index in [1.165, 1.54) is 22.4 Å². The predicted octanol–water partition coefficient (Wildman–Crippen LogP) is 3.51. The van der Waals surface area contributed by atoms with Crippen molar-refractivity contribution in [1.82, 2.24) is 10.0 Å². The van der Waals surface area contributed by atoms with Gasteiger partial charge in [0.2, 0.25) is 0 Å². The van der Waals surface area contributed by atoms with Crippen LogP contribution in [0.3, 0.4) is 0 Å². The summed E-state index contributed by atoms with van der Waals surface area (Å²) >= 11 is 0. The van der Waals surface area contributed by atoms with Crippen LogP contribution in [0.25, 0.3) is 11.6 Å². The molecule has 2 nitrogen and oxygen atoms in total. The minimum atomic E-state index is 1.22. The molecular formula is C16H12N2. The lowest BCUT2D eigenvalue weighted by Crippen LogP contribution is -2.26. The van der Waals surface area contributed by atoms with Gasteiger partial charge in [0.05, 0.1) is 5.70 Å². The SMILES string of the molecule is C1=Cc2ccccc2C2=CN3C=CC=CN3C2=C1. The zero-order valence-corrected chi connectivity index (χ0v) is 9.82. The molecule has 0 N–H and O–H groups in total. The van der Waals surface area contributed by atoms with Crippen LogP contribution in [0.5, 0.6) is 0 Å². The van der Waals surface area contributed by atoms with Crippen LogP contribution >= 0.6 is 0 Å². The van der Waals surface area contributed by atoms with Crippen molar-refractivity contribution in [3.05, 3.63) is 84.0 Å². The first kappa shape index (κ1) is 9.54. The molecule has 1 aliphatic carbocycles. The molecule has 0 saturated heterocycles. The largest absolute Gasteiger partial charge is 0.263 e. The molecule has 2 heterocycles. The van der Waals surface area contributed by atoms with Gasteiger partial charge in [0.25, 0.3) is 0 Å². The fraction of sp³-hybridized carbons (Fsp3) is 0. The van der Waals surface area contributed by atoms with Crippen LogP contribution in [-0.2, 0) is 0 Å². The quantitative estimate of drug-likeness (QED) is 0.675. The van der Waals surface area contributed by atoms with Crippen molar-refractivity contribution in [3.8, 4) is 0 Å². The van der Waals surface area contributed by atoms with E-state index in [1.807, 2.05) is 6.08 Å². The Labute approximate surface area is 106 Å². The summed E-state index contributed by atoms with van der Waals surface area (Å²) in [6, 6.07) is 8.51. The van der Waals surface area contributed by atoms with Gasteiger partial charge in [0.15, 0.2) is 0 Å². The lowest BCUT2D eigenvalue weighted by atomic mass is 10.00. The summed E-state index contributed by atoms with van der Waals surface area (Å²) in [5.41, 5.74) is 5.04. The van der Waals surface area contributed by atoms with Gasteiger partial charge in [-0.15, -0.1) is 0 Å². The van der Waals surface area contributed by atoms with E-state index in [4.69, 9.17) is 0 Å². The summed E-state index contributed by atoms with van der Waals surface area (Å²) in [6.45, 7) is 0. The molecule has 0 fully saturated rings. The van der Waals surface area contributed by atoms with E-state index in [0.29, 0.717) is 0 Å². The van der Waals surface area contributed by atoms with Crippen LogP contribution in [0.15, 0.2) is 72.9 Å². The van der Waals surface area contributed by atoms with Gasteiger partial charge >= 0.3 is 0 Å². The van der Waals surface area contributed by atoms with Crippen molar-refractivity contribution in [2.45, 2.75) is 0 Å². The molecule has 1 aromatic rings. The molecule has 0 saturated carbocycles. The third-order valence-electron chi connectivity index (χ3n) is 3.39. The van der Waals surface area contributed by atoms with Gasteiger partial charge < -0.3 is 0 Å². The van der Waals surface area contributed by atoms with Gasteiger partial charge in [-0.25, -0.2) is 0 Å². The van der Waals surface area contributed by atoms with E-state index in [-0.39, 0.29) is 0 Å². The number of nitrogens with zero attached hydrogens (tertiary/aromatic N) is 2. The lowest BCUT2D eigenvalue weighted by Gasteiger charge is -2.27. The van der Waals surface area contributed by atoms with Crippen LogP contribution < -0.4 is 0 Å². The second-order valence-corrected chi connectivity index (χ2v) is 4.45. The number of rotatable bonds is 0. The Balaban J connectivity index is 1.93. The molecule has 0 spiro atoms. The average Bonchev–Trinajstić information content (AvgIpc) is 2.69. The van der Waals surface area contributed by atoms with Gasteiger partial charge in [0, 0.05) is 24.2 Å². The maximum atomic E-state index is 2.18. The van der Waals surface area contributed by atoms with E-state index in [1.54, 1.807) is 0 Å². The first-order valence-corrected chi connectivity index (χ1v) is 6.06. The smallest absolute Gasteiger partial charge is 0.0723 e. The average molecular weight is 232 g/mol. The minimum absolute atomic E-state index is 1.22. The summed E-state index contributed by atoms with van der Waals surface area (Å²) in [5, 5.41) is 4.26. The van der Waals surface area contributed by atoms with Crippen LogP contribution in [0.4, 0.5) is 0 Å². The molecule has 1 aromatic carbocycles. The Morgan fingerprint density at radius 2 is 1.78 bits per heavy atom. The minimum Gasteiger partial charge on any atom is -0.263 e. The second kappa shape index (κ2) is 3.50. The first-order chi connectivity index (χ1) is 8.93. The van der Waals surface area contributed by atoms with E-state index in [9.17, 15) is 0 Å².